The fourth-order valence-electron chi connectivity index (χ4n) is 2.31. The lowest BCUT2D eigenvalue weighted by atomic mass is 10.2. The summed E-state index contributed by atoms with van der Waals surface area (Å²) >= 11 is 1.30. The minimum Gasteiger partial charge on any atom is -0.497 e. The van der Waals surface area contributed by atoms with Gasteiger partial charge in [0.15, 0.2) is 10.9 Å². The molecule has 0 unspecified atom stereocenters. The van der Waals surface area contributed by atoms with Crippen molar-refractivity contribution < 1.29 is 23.8 Å². The predicted molar refractivity (Wildman–Crippen MR) is 106 cm³/mol. The van der Waals surface area contributed by atoms with Crippen LogP contribution in [0, 0.1) is 0 Å². The average molecular weight is 399 g/mol. The van der Waals surface area contributed by atoms with Gasteiger partial charge in [-0.1, -0.05) is 12.1 Å². The molecule has 0 saturated heterocycles. The van der Waals surface area contributed by atoms with E-state index in [1.165, 1.54) is 31.6 Å². The van der Waals surface area contributed by atoms with E-state index in [9.17, 15) is 9.59 Å². The molecule has 2 amide bonds. The third-order valence-electron chi connectivity index (χ3n) is 3.60. The number of thiazole rings is 1. The van der Waals surface area contributed by atoms with Crippen LogP contribution in [-0.4, -0.2) is 31.2 Å². The summed E-state index contributed by atoms with van der Waals surface area (Å²) in [6.45, 7) is 0. The van der Waals surface area contributed by atoms with Gasteiger partial charge in [0.05, 0.1) is 19.9 Å². The quantitative estimate of drug-likeness (QED) is 0.597. The number of urea groups is 1. The van der Waals surface area contributed by atoms with Crippen LogP contribution < -0.4 is 20.1 Å². The van der Waals surface area contributed by atoms with Crippen molar-refractivity contribution in [3.63, 3.8) is 0 Å². The molecular formula is C19H17N3O5S. The van der Waals surface area contributed by atoms with Gasteiger partial charge in [0.1, 0.15) is 17.1 Å². The second-order valence-corrected chi connectivity index (χ2v) is 6.26. The normalized spacial score (nSPS) is 10.1. The fourth-order valence-corrected chi connectivity index (χ4v) is 2.83. The molecule has 2 aromatic carbocycles. The van der Waals surface area contributed by atoms with Gasteiger partial charge in [0, 0.05) is 11.6 Å². The Balaban J connectivity index is 1.83. The molecule has 0 aliphatic rings. The van der Waals surface area contributed by atoms with Crippen LogP contribution in [0.15, 0.2) is 54.0 Å². The van der Waals surface area contributed by atoms with Crippen LogP contribution in [0.3, 0.4) is 0 Å². The Labute approximate surface area is 165 Å². The summed E-state index contributed by atoms with van der Waals surface area (Å²) in [5.41, 5.74) is 0.618. The Morgan fingerprint density at radius 2 is 1.86 bits per heavy atom. The highest BCUT2D eigenvalue weighted by atomic mass is 32.1. The van der Waals surface area contributed by atoms with Gasteiger partial charge in [0.2, 0.25) is 0 Å². The summed E-state index contributed by atoms with van der Waals surface area (Å²) in [6, 6.07) is 11.2. The van der Waals surface area contributed by atoms with E-state index in [1.54, 1.807) is 48.0 Å². The van der Waals surface area contributed by atoms with Gasteiger partial charge < -0.3 is 19.5 Å². The molecule has 1 aromatic heterocycles. The number of para-hydroxylation sites is 2. The number of esters is 1. The number of nitrogens with zero attached hydrogens (tertiary/aromatic N) is 1. The smallest absolute Gasteiger partial charge is 0.341 e. The van der Waals surface area contributed by atoms with Crippen LogP contribution in [0.5, 0.6) is 17.2 Å². The second kappa shape index (κ2) is 8.87. The monoisotopic (exact) mass is 399 g/mol. The molecule has 9 heteroatoms. The van der Waals surface area contributed by atoms with E-state index < -0.39 is 12.0 Å². The lowest BCUT2D eigenvalue weighted by Gasteiger charge is -2.15. The van der Waals surface area contributed by atoms with Gasteiger partial charge in [-0.3, -0.25) is 5.32 Å². The number of benzene rings is 2. The van der Waals surface area contributed by atoms with Crippen LogP contribution in [-0.2, 0) is 4.74 Å². The summed E-state index contributed by atoms with van der Waals surface area (Å²) in [5, 5.41) is 7.56. The molecule has 0 saturated carbocycles. The number of rotatable bonds is 6. The maximum absolute atomic E-state index is 12.2. The minimum absolute atomic E-state index is 0.198. The number of hydrogen-bond acceptors (Lipinski definition) is 7. The molecule has 3 rings (SSSR count). The lowest BCUT2D eigenvalue weighted by molar-refractivity contribution is 0.0597. The lowest BCUT2D eigenvalue weighted by Crippen LogP contribution is -2.19. The molecule has 0 aliphatic carbocycles. The Morgan fingerprint density at radius 1 is 1.04 bits per heavy atom. The Morgan fingerprint density at radius 3 is 2.57 bits per heavy atom. The van der Waals surface area contributed by atoms with Crippen molar-refractivity contribution in [1.29, 1.82) is 0 Å². The number of aromatic nitrogens is 1. The summed E-state index contributed by atoms with van der Waals surface area (Å²) in [4.78, 5) is 28.3. The molecule has 1 heterocycles. The number of carbonyl (C=O) groups excluding carboxylic acids is 2. The first-order chi connectivity index (χ1) is 13.6. The van der Waals surface area contributed by atoms with Crippen molar-refractivity contribution in [3.05, 3.63) is 59.6 Å². The summed E-state index contributed by atoms with van der Waals surface area (Å²) < 4.78 is 15.8. The number of anilines is 2. The molecule has 0 radical (unpaired) electrons. The molecule has 0 atom stereocenters. The first-order valence-electron chi connectivity index (χ1n) is 8.11. The molecule has 28 heavy (non-hydrogen) atoms. The first kappa shape index (κ1) is 19.2. The third kappa shape index (κ3) is 4.57. The van der Waals surface area contributed by atoms with E-state index in [0.29, 0.717) is 22.3 Å². The molecule has 0 fully saturated rings. The van der Waals surface area contributed by atoms with Crippen molar-refractivity contribution in [3.8, 4) is 17.2 Å². The van der Waals surface area contributed by atoms with Crippen LogP contribution in [0.1, 0.15) is 10.4 Å². The van der Waals surface area contributed by atoms with Gasteiger partial charge in [-0.25, -0.2) is 14.6 Å². The number of carbonyl (C=O) groups is 2. The van der Waals surface area contributed by atoms with E-state index in [4.69, 9.17) is 14.2 Å². The molecule has 2 N–H and O–H groups in total. The van der Waals surface area contributed by atoms with E-state index in [1.807, 2.05) is 0 Å². The number of nitrogens with one attached hydrogen (secondary N) is 2. The van der Waals surface area contributed by atoms with Crippen molar-refractivity contribution in [2.24, 2.45) is 0 Å². The largest absolute Gasteiger partial charge is 0.497 e. The van der Waals surface area contributed by atoms with Gasteiger partial charge in [-0.2, -0.15) is 0 Å². The molecule has 3 aromatic rings. The topological polar surface area (TPSA) is 98.8 Å². The zero-order valence-corrected chi connectivity index (χ0v) is 15.9. The molecule has 8 nitrogen and oxygen atoms in total. The number of methoxy groups -OCH3 is 2. The molecule has 0 bridgehead atoms. The summed E-state index contributed by atoms with van der Waals surface area (Å²) in [6.07, 6.45) is 1.59. The van der Waals surface area contributed by atoms with Gasteiger partial charge in [-0.15, -0.1) is 11.3 Å². The van der Waals surface area contributed by atoms with Crippen LogP contribution in [0.25, 0.3) is 0 Å². The summed E-state index contributed by atoms with van der Waals surface area (Å²) in [7, 11) is 2.78. The van der Waals surface area contributed by atoms with E-state index in [0.717, 1.165) is 0 Å². The number of ether oxygens (including phenoxy) is 3. The Bertz CT molecular complexity index is 975. The molecular weight excluding hydrogens is 382 g/mol. The minimum atomic E-state index is -0.569. The van der Waals surface area contributed by atoms with Crippen molar-refractivity contribution in [1.82, 2.24) is 4.98 Å². The van der Waals surface area contributed by atoms with Crippen molar-refractivity contribution >= 4 is 34.2 Å². The maximum Gasteiger partial charge on any atom is 0.341 e. The van der Waals surface area contributed by atoms with Crippen molar-refractivity contribution in [2.45, 2.75) is 0 Å². The third-order valence-corrected chi connectivity index (χ3v) is 4.29. The molecule has 144 valence electrons. The summed E-state index contributed by atoms with van der Waals surface area (Å²) in [5.74, 6) is 0.539. The van der Waals surface area contributed by atoms with Crippen LogP contribution in [0.2, 0.25) is 0 Å². The zero-order chi connectivity index (χ0) is 19.9. The number of amides is 2. The maximum atomic E-state index is 12.2. The van der Waals surface area contributed by atoms with Gasteiger partial charge >= 0.3 is 12.0 Å². The van der Waals surface area contributed by atoms with E-state index in [-0.39, 0.29) is 11.3 Å². The molecule has 0 spiro atoms. The van der Waals surface area contributed by atoms with Crippen LogP contribution >= 0.6 is 11.3 Å². The highest BCUT2D eigenvalue weighted by Crippen LogP contribution is 2.33. The average Bonchev–Trinajstić information content (AvgIpc) is 3.22. The predicted octanol–water partition coefficient (Wildman–Crippen LogP) is 4.37. The standard InChI is InChI=1S/C19H17N3O5S/c1-25-12-7-8-15(13(11-12)17(23)26-2)27-16-6-4-3-5-14(16)21-18(24)22-19-20-9-10-28-19/h3-11H,1-2H3,(H2,20,21,22,24). The Kier molecular flexibility index (Phi) is 6.07. The van der Waals surface area contributed by atoms with Crippen LogP contribution in [0.4, 0.5) is 15.6 Å². The second-order valence-electron chi connectivity index (χ2n) is 5.37. The number of hydrogen-bond donors (Lipinski definition) is 2. The van der Waals surface area contributed by atoms with E-state index >= 15 is 0 Å². The van der Waals surface area contributed by atoms with Gasteiger partial charge in [0.25, 0.3) is 0 Å². The highest BCUT2D eigenvalue weighted by Gasteiger charge is 2.17. The first-order valence-corrected chi connectivity index (χ1v) is 8.99. The molecule has 0 aliphatic heterocycles. The fraction of sp³-hybridized carbons (Fsp3) is 0.105. The zero-order valence-electron chi connectivity index (χ0n) is 15.1. The van der Waals surface area contributed by atoms with Crippen molar-refractivity contribution in [2.75, 3.05) is 24.9 Å². The van der Waals surface area contributed by atoms with E-state index in [2.05, 4.69) is 15.6 Å². The Hall–Kier alpha value is -3.59. The highest BCUT2D eigenvalue weighted by molar-refractivity contribution is 7.13. The SMILES string of the molecule is COC(=O)c1cc(OC)ccc1Oc1ccccc1NC(=O)Nc1nccs1. The van der Waals surface area contributed by atoms with Gasteiger partial charge in [-0.05, 0) is 30.3 Å².